The highest BCUT2D eigenvalue weighted by Gasteiger charge is 2.24. The van der Waals surface area contributed by atoms with Crippen molar-refractivity contribution in [2.24, 2.45) is 0 Å². The number of aromatic nitrogens is 4. The second-order valence-electron chi connectivity index (χ2n) is 5.58. The number of anilines is 1. The number of furan rings is 1. The van der Waals surface area contributed by atoms with Crippen molar-refractivity contribution in [3.05, 3.63) is 77.1 Å². The number of hydrogen-bond acceptors (Lipinski definition) is 9. The van der Waals surface area contributed by atoms with Crippen LogP contribution < -0.4 is 5.32 Å². The molecule has 0 unspecified atom stereocenters. The first kappa shape index (κ1) is 18.1. The first-order valence-corrected chi connectivity index (χ1v) is 9.01. The van der Waals surface area contributed by atoms with Crippen molar-refractivity contribution in [3.63, 3.8) is 0 Å². The van der Waals surface area contributed by atoms with Crippen LogP contribution in [0.2, 0.25) is 0 Å². The molecule has 0 saturated carbocycles. The van der Waals surface area contributed by atoms with Crippen LogP contribution in [0.1, 0.15) is 31.5 Å². The third-order valence-corrected chi connectivity index (χ3v) is 4.69. The molecule has 0 spiro atoms. The zero-order valence-electron chi connectivity index (χ0n) is 14.6. The molecule has 4 aromatic rings. The summed E-state index contributed by atoms with van der Waals surface area (Å²) in [6.07, 6.45) is 5.47. The Hall–Kier alpha value is -4.23. The number of nitrogens with one attached hydrogen (secondary N) is 1. The van der Waals surface area contributed by atoms with Gasteiger partial charge in [-0.25, -0.2) is 15.0 Å². The van der Waals surface area contributed by atoms with Crippen LogP contribution in [0.3, 0.4) is 0 Å². The molecule has 9 nitrogen and oxygen atoms in total. The largest absolute Gasteiger partial charge is 0.463 e. The van der Waals surface area contributed by atoms with E-state index in [1.165, 1.54) is 24.9 Å². The Morgan fingerprint density at radius 2 is 1.93 bits per heavy atom. The van der Waals surface area contributed by atoms with Crippen LogP contribution in [0.4, 0.5) is 5.13 Å². The Bertz CT molecular complexity index is 1210. The van der Waals surface area contributed by atoms with Crippen LogP contribution >= 0.6 is 11.3 Å². The maximum absolute atomic E-state index is 12.9. The summed E-state index contributed by atoms with van der Waals surface area (Å²) in [4.78, 5) is 41.6. The minimum absolute atomic E-state index is 0.0425. The summed E-state index contributed by atoms with van der Waals surface area (Å²) in [7, 11) is 0. The lowest BCUT2D eigenvalue weighted by molar-refractivity contribution is 0.102. The van der Waals surface area contributed by atoms with Gasteiger partial charge in [-0.05, 0) is 24.3 Å². The molecule has 4 heterocycles. The summed E-state index contributed by atoms with van der Waals surface area (Å²) in [5.41, 5.74) is 0.709. The van der Waals surface area contributed by atoms with Crippen molar-refractivity contribution >= 4 is 28.2 Å². The monoisotopic (exact) mass is 402 g/mol. The fraction of sp³-hybridized carbons (Fsp3) is 0. The Labute approximate surface area is 167 Å². The van der Waals surface area contributed by atoms with Crippen molar-refractivity contribution in [1.29, 1.82) is 5.26 Å². The van der Waals surface area contributed by atoms with Crippen LogP contribution in [0, 0.1) is 11.3 Å². The predicted molar refractivity (Wildman–Crippen MR) is 102 cm³/mol. The lowest BCUT2D eigenvalue weighted by atomic mass is 10.1. The van der Waals surface area contributed by atoms with Gasteiger partial charge < -0.3 is 4.42 Å². The highest BCUT2D eigenvalue weighted by Crippen LogP contribution is 2.33. The zero-order chi connectivity index (χ0) is 20.2. The molecule has 0 atom stereocenters. The molecule has 0 aliphatic rings. The number of hydrogen-bond donors (Lipinski definition) is 1. The van der Waals surface area contributed by atoms with Crippen molar-refractivity contribution in [2.75, 3.05) is 5.32 Å². The molecule has 4 rings (SSSR count). The van der Waals surface area contributed by atoms with E-state index in [2.05, 4.69) is 25.3 Å². The van der Waals surface area contributed by atoms with E-state index < -0.39 is 5.91 Å². The number of carbonyl (C=O) groups is 2. The molecule has 0 aliphatic carbocycles. The van der Waals surface area contributed by atoms with Gasteiger partial charge in [-0.1, -0.05) is 17.4 Å². The molecule has 29 heavy (non-hydrogen) atoms. The molecule has 4 aromatic heterocycles. The van der Waals surface area contributed by atoms with E-state index in [1.807, 2.05) is 0 Å². The molecule has 0 radical (unpaired) electrons. The number of nitrogens with zero attached hydrogens (tertiary/aromatic N) is 5. The van der Waals surface area contributed by atoms with Gasteiger partial charge in [0, 0.05) is 18.6 Å². The molecule has 0 aliphatic heterocycles. The minimum Gasteiger partial charge on any atom is -0.463 e. The first-order chi connectivity index (χ1) is 14.2. The van der Waals surface area contributed by atoms with Crippen LogP contribution in [0.5, 0.6) is 0 Å². The number of amides is 1. The Kier molecular flexibility index (Phi) is 4.88. The normalized spacial score (nSPS) is 10.3. The average molecular weight is 402 g/mol. The molecule has 0 saturated heterocycles. The summed E-state index contributed by atoms with van der Waals surface area (Å²) < 4.78 is 5.38. The topological polar surface area (TPSA) is 135 Å². The van der Waals surface area contributed by atoms with Gasteiger partial charge in [0.1, 0.15) is 22.3 Å². The Balaban J connectivity index is 1.67. The molecule has 1 amide bonds. The Morgan fingerprint density at radius 3 is 2.59 bits per heavy atom. The molecule has 10 heteroatoms. The molecular formula is C19H10N6O3S. The summed E-state index contributed by atoms with van der Waals surface area (Å²) in [5, 5.41) is 11.6. The maximum Gasteiger partial charge on any atom is 0.260 e. The smallest absolute Gasteiger partial charge is 0.260 e. The van der Waals surface area contributed by atoms with Crippen LogP contribution in [0.25, 0.3) is 11.5 Å². The molecule has 0 fully saturated rings. The van der Waals surface area contributed by atoms with Crippen LogP contribution in [-0.2, 0) is 0 Å². The summed E-state index contributed by atoms with van der Waals surface area (Å²) in [6.45, 7) is 0. The number of thiazole rings is 1. The maximum atomic E-state index is 12.9. The lowest BCUT2D eigenvalue weighted by Gasteiger charge is -2.00. The zero-order valence-corrected chi connectivity index (χ0v) is 15.4. The standard InChI is InChI=1S/C19H10N6O3S/c20-8-14-22-9-11(10-23-14)18(27)25-19-24-15(13-5-3-7-28-13)17(29-19)16(26)12-4-1-2-6-21-12/h1-7,9-10H,(H,24,25,27). The highest BCUT2D eigenvalue weighted by molar-refractivity contribution is 7.18. The van der Waals surface area contributed by atoms with Crippen LogP contribution in [-0.4, -0.2) is 31.6 Å². The van der Waals surface area contributed by atoms with Gasteiger partial charge in [0.05, 0.1) is 11.8 Å². The molecule has 0 aromatic carbocycles. The second-order valence-corrected chi connectivity index (χ2v) is 6.58. The van der Waals surface area contributed by atoms with Crippen molar-refractivity contribution in [3.8, 4) is 17.5 Å². The van der Waals surface area contributed by atoms with Crippen molar-refractivity contribution in [2.45, 2.75) is 0 Å². The van der Waals surface area contributed by atoms with Gasteiger partial charge in [0.15, 0.2) is 10.9 Å². The quantitative estimate of drug-likeness (QED) is 0.503. The van der Waals surface area contributed by atoms with Gasteiger partial charge in [-0.15, -0.1) is 0 Å². The van der Waals surface area contributed by atoms with E-state index in [0.717, 1.165) is 11.3 Å². The molecular weight excluding hydrogens is 392 g/mol. The highest BCUT2D eigenvalue weighted by atomic mass is 32.1. The van der Waals surface area contributed by atoms with E-state index in [-0.39, 0.29) is 32.9 Å². The molecule has 140 valence electrons. The van der Waals surface area contributed by atoms with Gasteiger partial charge >= 0.3 is 0 Å². The summed E-state index contributed by atoms with van der Waals surface area (Å²) in [5.74, 6) is -0.510. The lowest BCUT2D eigenvalue weighted by Crippen LogP contribution is -2.12. The third-order valence-electron chi connectivity index (χ3n) is 3.72. The van der Waals surface area contributed by atoms with Crippen molar-refractivity contribution in [1.82, 2.24) is 19.9 Å². The minimum atomic E-state index is -0.522. The van der Waals surface area contributed by atoms with Gasteiger partial charge in [-0.2, -0.15) is 5.26 Å². The number of carbonyl (C=O) groups excluding carboxylic acids is 2. The SMILES string of the molecule is N#Cc1ncc(C(=O)Nc2nc(-c3ccco3)c(C(=O)c3ccccn3)s2)cn1. The van der Waals surface area contributed by atoms with E-state index in [0.29, 0.717) is 11.5 Å². The van der Waals surface area contributed by atoms with E-state index in [1.54, 1.807) is 36.4 Å². The Morgan fingerprint density at radius 1 is 1.10 bits per heavy atom. The summed E-state index contributed by atoms with van der Waals surface area (Å²) >= 11 is 1.01. The van der Waals surface area contributed by atoms with Gasteiger partial charge in [-0.3, -0.25) is 19.9 Å². The molecule has 0 bridgehead atoms. The number of rotatable bonds is 5. The van der Waals surface area contributed by atoms with Crippen LogP contribution in [0.15, 0.2) is 59.6 Å². The average Bonchev–Trinajstić information content (AvgIpc) is 3.44. The fourth-order valence-corrected chi connectivity index (χ4v) is 3.31. The van der Waals surface area contributed by atoms with Gasteiger partial charge in [0.2, 0.25) is 11.6 Å². The predicted octanol–water partition coefficient (Wildman–Crippen LogP) is 2.94. The van der Waals surface area contributed by atoms with Gasteiger partial charge in [0.25, 0.3) is 5.91 Å². The van der Waals surface area contributed by atoms with E-state index in [9.17, 15) is 9.59 Å². The fourth-order valence-electron chi connectivity index (χ4n) is 2.39. The van der Waals surface area contributed by atoms with E-state index in [4.69, 9.17) is 9.68 Å². The number of pyridine rings is 1. The summed E-state index contributed by atoms with van der Waals surface area (Å²) in [6, 6.07) is 10.1. The second kappa shape index (κ2) is 7.79. The number of ketones is 1. The third kappa shape index (κ3) is 3.76. The molecule has 1 N–H and O–H groups in total. The van der Waals surface area contributed by atoms with E-state index >= 15 is 0 Å². The first-order valence-electron chi connectivity index (χ1n) is 8.19. The number of nitriles is 1. The van der Waals surface area contributed by atoms with Crippen molar-refractivity contribution < 1.29 is 14.0 Å².